The standard InChI is InChI=1S/C13H18N4O3/c14-9-3-1-2-4-10(9)16-11-6-5-8(13(15)18)7-12(11)17(19)20/h5-7,9-10,16H,1-4,14H2,(H2,15,18)/t9-,10-/m1/s1. The highest BCUT2D eigenvalue weighted by Gasteiger charge is 2.25. The molecule has 0 bridgehead atoms. The van der Waals surface area contributed by atoms with Crippen molar-refractivity contribution in [1.29, 1.82) is 0 Å². The molecule has 1 aliphatic rings. The van der Waals surface area contributed by atoms with Gasteiger partial charge >= 0.3 is 0 Å². The fourth-order valence-electron chi connectivity index (χ4n) is 2.50. The lowest BCUT2D eigenvalue weighted by molar-refractivity contribution is -0.384. The van der Waals surface area contributed by atoms with Crippen molar-refractivity contribution in [3.8, 4) is 0 Å². The second-order valence-corrected chi connectivity index (χ2v) is 5.05. The Labute approximate surface area is 116 Å². The first-order chi connectivity index (χ1) is 9.49. The van der Waals surface area contributed by atoms with Crippen LogP contribution in [0, 0.1) is 10.1 Å². The van der Waals surface area contributed by atoms with Crippen LogP contribution in [0.5, 0.6) is 0 Å². The molecule has 7 heteroatoms. The number of carbonyl (C=O) groups excluding carboxylic acids is 1. The Morgan fingerprint density at radius 2 is 2.05 bits per heavy atom. The molecular formula is C13H18N4O3. The average Bonchev–Trinajstić information content (AvgIpc) is 2.41. The van der Waals surface area contributed by atoms with E-state index in [1.54, 1.807) is 0 Å². The molecule has 0 unspecified atom stereocenters. The number of amides is 1. The third kappa shape index (κ3) is 3.05. The number of primary amides is 1. The molecule has 1 fully saturated rings. The molecule has 2 atom stereocenters. The second-order valence-electron chi connectivity index (χ2n) is 5.05. The molecule has 5 N–H and O–H groups in total. The Balaban J connectivity index is 2.26. The number of hydrogen-bond acceptors (Lipinski definition) is 5. The molecule has 2 rings (SSSR count). The smallest absolute Gasteiger partial charge is 0.293 e. The van der Waals surface area contributed by atoms with E-state index in [4.69, 9.17) is 11.5 Å². The molecule has 7 nitrogen and oxygen atoms in total. The van der Waals surface area contributed by atoms with Gasteiger partial charge in [0, 0.05) is 23.7 Å². The van der Waals surface area contributed by atoms with Crippen molar-refractivity contribution in [2.24, 2.45) is 11.5 Å². The summed E-state index contributed by atoms with van der Waals surface area (Å²) in [5.74, 6) is -0.686. The number of nitro benzene ring substituents is 1. The zero-order chi connectivity index (χ0) is 14.7. The van der Waals surface area contributed by atoms with Gasteiger partial charge in [-0.05, 0) is 25.0 Å². The van der Waals surface area contributed by atoms with Gasteiger partial charge in [0.1, 0.15) is 5.69 Å². The van der Waals surface area contributed by atoms with Crippen LogP contribution in [0.2, 0.25) is 0 Å². The Morgan fingerprint density at radius 3 is 2.65 bits per heavy atom. The van der Waals surface area contributed by atoms with Crippen molar-refractivity contribution in [1.82, 2.24) is 0 Å². The number of benzene rings is 1. The Kier molecular flexibility index (Phi) is 4.19. The molecule has 0 radical (unpaired) electrons. The maximum Gasteiger partial charge on any atom is 0.293 e. The molecule has 0 aliphatic heterocycles. The van der Waals surface area contributed by atoms with Crippen LogP contribution in [0.25, 0.3) is 0 Å². The summed E-state index contributed by atoms with van der Waals surface area (Å²) in [6.45, 7) is 0. The van der Waals surface area contributed by atoms with E-state index in [-0.39, 0.29) is 23.3 Å². The highest BCUT2D eigenvalue weighted by molar-refractivity contribution is 5.94. The van der Waals surface area contributed by atoms with Crippen molar-refractivity contribution in [2.45, 2.75) is 37.8 Å². The minimum Gasteiger partial charge on any atom is -0.375 e. The highest BCUT2D eigenvalue weighted by Crippen LogP contribution is 2.29. The lowest BCUT2D eigenvalue weighted by Gasteiger charge is -2.30. The summed E-state index contributed by atoms with van der Waals surface area (Å²) in [5, 5.41) is 14.2. The largest absolute Gasteiger partial charge is 0.375 e. The summed E-state index contributed by atoms with van der Waals surface area (Å²) >= 11 is 0. The number of hydrogen-bond donors (Lipinski definition) is 3. The maximum atomic E-state index is 11.1. The van der Waals surface area contributed by atoms with Crippen LogP contribution in [-0.2, 0) is 0 Å². The minimum absolute atomic E-state index is 0.0147. The summed E-state index contributed by atoms with van der Waals surface area (Å²) < 4.78 is 0. The van der Waals surface area contributed by atoms with Gasteiger partial charge in [-0.3, -0.25) is 14.9 Å². The van der Waals surface area contributed by atoms with E-state index in [0.29, 0.717) is 5.69 Å². The van der Waals surface area contributed by atoms with Crippen LogP contribution in [0.1, 0.15) is 36.0 Å². The van der Waals surface area contributed by atoms with Crippen LogP contribution in [0.3, 0.4) is 0 Å². The van der Waals surface area contributed by atoms with Crippen molar-refractivity contribution in [3.63, 3.8) is 0 Å². The van der Waals surface area contributed by atoms with Crippen LogP contribution in [-0.4, -0.2) is 22.9 Å². The molecule has 1 amide bonds. The summed E-state index contributed by atoms with van der Waals surface area (Å²) in [4.78, 5) is 21.7. The van der Waals surface area contributed by atoms with E-state index in [1.165, 1.54) is 18.2 Å². The molecule has 0 saturated heterocycles. The van der Waals surface area contributed by atoms with Gasteiger partial charge in [0.15, 0.2) is 0 Å². The van der Waals surface area contributed by atoms with Gasteiger partial charge in [0.2, 0.25) is 5.91 Å². The van der Waals surface area contributed by atoms with E-state index in [0.717, 1.165) is 25.7 Å². The quantitative estimate of drug-likeness (QED) is 0.566. The van der Waals surface area contributed by atoms with Crippen LogP contribution >= 0.6 is 0 Å². The molecule has 0 heterocycles. The fraction of sp³-hybridized carbons (Fsp3) is 0.462. The minimum atomic E-state index is -0.686. The first kappa shape index (κ1) is 14.3. The summed E-state index contributed by atoms with van der Waals surface area (Å²) in [6.07, 6.45) is 3.93. The van der Waals surface area contributed by atoms with Gasteiger partial charge < -0.3 is 16.8 Å². The van der Waals surface area contributed by atoms with E-state index in [2.05, 4.69) is 5.32 Å². The van der Waals surface area contributed by atoms with Crippen LogP contribution < -0.4 is 16.8 Å². The number of nitrogens with one attached hydrogen (secondary N) is 1. The molecule has 1 aromatic rings. The zero-order valence-corrected chi connectivity index (χ0v) is 11.0. The monoisotopic (exact) mass is 278 g/mol. The molecule has 0 spiro atoms. The van der Waals surface area contributed by atoms with Crippen molar-refractivity contribution in [2.75, 3.05) is 5.32 Å². The van der Waals surface area contributed by atoms with Crippen LogP contribution in [0.15, 0.2) is 18.2 Å². The lowest BCUT2D eigenvalue weighted by atomic mass is 9.91. The number of nitro groups is 1. The van der Waals surface area contributed by atoms with Crippen LogP contribution in [0.4, 0.5) is 11.4 Å². The third-order valence-corrected chi connectivity index (χ3v) is 3.64. The molecular weight excluding hydrogens is 260 g/mol. The third-order valence-electron chi connectivity index (χ3n) is 3.64. The van der Waals surface area contributed by atoms with Crippen molar-refractivity contribution < 1.29 is 9.72 Å². The SMILES string of the molecule is NC(=O)c1ccc(N[C@@H]2CCCC[C@H]2N)c([N+](=O)[O-])c1. The van der Waals surface area contributed by atoms with Gasteiger partial charge in [0.25, 0.3) is 5.69 Å². The lowest BCUT2D eigenvalue weighted by Crippen LogP contribution is -2.42. The second kappa shape index (κ2) is 5.87. The summed E-state index contributed by atoms with van der Waals surface area (Å²) in [6, 6.07) is 4.19. The predicted molar refractivity (Wildman–Crippen MR) is 75.5 cm³/mol. The Bertz CT molecular complexity index is 532. The predicted octanol–water partition coefficient (Wildman–Crippen LogP) is 1.38. The van der Waals surface area contributed by atoms with Gasteiger partial charge in [-0.2, -0.15) is 0 Å². The normalized spacial score (nSPS) is 22.2. The van der Waals surface area contributed by atoms with Gasteiger partial charge in [-0.1, -0.05) is 12.8 Å². The van der Waals surface area contributed by atoms with Crippen molar-refractivity contribution >= 4 is 17.3 Å². The number of nitrogens with zero attached hydrogens (tertiary/aromatic N) is 1. The summed E-state index contributed by atoms with van der Waals surface area (Å²) in [7, 11) is 0. The average molecular weight is 278 g/mol. The van der Waals surface area contributed by atoms with E-state index >= 15 is 0 Å². The number of anilines is 1. The first-order valence-electron chi connectivity index (χ1n) is 6.59. The van der Waals surface area contributed by atoms with E-state index < -0.39 is 10.8 Å². The number of carbonyl (C=O) groups is 1. The highest BCUT2D eigenvalue weighted by atomic mass is 16.6. The molecule has 20 heavy (non-hydrogen) atoms. The molecule has 1 aromatic carbocycles. The number of rotatable bonds is 4. The van der Waals surface area contributed by atoms with Gasteiger partial charge in [0.05, 0.1) is 4.92 Å². The molecule has 1 saturated carbocycles. The van der Waals surface area contributed by atoms with E-state index in [9.17, 15) is 14.9 Å². The van der Waals surface area contributed by atoms with Gasteiger partial charge in [-0.25, -0.2) is 0 Å². The zero-order valence-electron chi connectivity index (χ0n) is 11.0. The Morgan fingerprint density at radius 1 is 1.35 bits per heavy atom. The first-order valence-corrected chi connectivity index (χ1v) is 6.59. The topological polar surface area (TPSA) is 124 Å². The van der Waals surface area contributed by atoms with E-state index in [1.807, 2.05) is 0 Å². The molecule has 108 valence electrons. The Hall–Kier alpha value is -2.15. The summed E-state index contributed by atoms with van der Waals surface area (Å²) in [5.41, 5.74) is 11.5. The maximum absolute atomic E-state index is 11.1. The molecule has 1 aliphatic carbocycles. The molecule has 0 aromatic heterocycles. The number of nitrogens with two attached hydrogens (primary N) is 2. The fourth-order valence-corrected chi connectivity index (χ4v) is 2.50. The van der Waals surface area contributed by atoms with Gasteiger partial charge in [-0.15, -0.1) is 0 Å². The van der Waals surface area contributed by atoms with Crippen molar-refractivity contribution in [3.05, 3.63) is 33.9 Å².